The molecule has 4 nitrogen and oxygen atoms in total. The highest BCUT2D eigenvalue weighted by atomic mass is 16.4. The monoisotopic (exact) mass is 300 g/mol. The molecule has 0 atom stereocenters. The molecule has 22 heavy (non-hydrogen) atoms. The number of aromatic carboxylic acids is 2. The van der Waals surface area contributed by atoms with Gasteiger partial charge in [0.05, 0.1) is 11.1 Å². The van der Waals surface area contributed by atoms with Crippen LogP contribution in [0, 0.1) is 13.8 Å². The molecule has 0 radical (unpaired) electrons. The minimum Gasteiger partial charge on any atom is -0.478 e. The van der Waals surface area contributed by atoms with Crippen LogP contribution in [0.4, 0.5) is 0 Å². The minimum atomic E-state index is -0.999. The second kappa shape index (κ2) is 7.41. The average Bonchev–Trinajstić information content (AvgIpc) is 2.48. The first-order valence-electron chi connectivity index (χ1n) is 7.07. The van der Waals surface area contributed by atoms with Gasteiger partial charge in [0, 0.05) is 0 Å². The molecule has 0 aliphatic rings. The fraction of sp³-hybridized carbons (Fsp3) is 0.222. The second-order valence-corrected chi connectivity index (χ2v) is 4.79. The van der Waals surface area contributed by atoms with Gasteiger partial charge in [-0.25, -0.2) is 9.59 Å². The van der Waals surface area contributed by atoms with Crippen LogP contribution in [0.3, 0.4) is 0 Å². The summed E-state index contributed by atoms with van der Waals surface area (Å²) in [6.07, 6.45) is 0. The minimum absolute atomic E-state index is 0.193. The van der Waals surface area contributed by atoms with E-state index in [1.54, 1.807) is 24.3 Å². The summed E-state index contributed by atoms with van der Waals surface area (Å²) in [5.74, 6) is -2.00. The zero-order chi connectivity index (χ0) is 16.9. The van der Waals surface area contributed by atoms with Gasteiger partial charge in [0.2, 0.25) is 0 Å². The van der Waals surface area contributed by atoms with Crippen molar-refractivity contribution in [3.63, 3.8) is 0 Å². The molecule has 0 amide bonds. The normalized spacial score (nSPS) is 9.64. The largest absolute Gasteiger partial charge is 0.478 e. The zero-order valence-electron chi connectivity index (χ0n) is 13.2. The van der Waals surface area contributed by atoms with Crippen molar-refractivity contribution in [2.75, 3.05) is 0 Å². The Hall–Kier alpha value is -2.62. The molecule has 0 aromatic heterocycles. The van der Waals surface area contributed by atoms with E-state index in [4.69, 9.17) is 10.2 Å². The second-order valence-electron chi connectivity index (χ2n) is 4.79. The van der Waals surface area contributed by atoms with E-state index in [1.807, 2.05) is 39.8 Å². The highest BCUT2D eigenvalue weighted by molar-refractivity contribution is 5.92. The predicted octanol–water partition coefficient (Wildman–Crippen LogP) is 4.39. The number of rotatable bonds is 3. The predicted molar refractivity (Wildman–Crippen MR) is 86.6 cm³/mol. The zero-order valence-corrected chi connectivity index (χ0v) is 13.2. The number of carbonyl (C=O) groups is 2. The lowest BCUT2D eigenvalue weighted by atomic mass is 9.97. The summed E-state index contributed by atoms with van der Waals surface area (Å²) in [6, 6.07) is 9.95. The molecule has 4 heteroatoms. The van der Waals surface area contributed by atoms with Gasteiger partial charge in [-0.05, 0) is 60.4 Å². The molecule has 0 saturated heterocycles. The SMILES string of the molecule is CC.Cc1cc(C(=O)O)cc(-c2cc(C)cc(C(=O)O)c2)c1. The fourth-order valence-electron chi connectivity index (χ4n) is 2.15. The molecule has 2 rings (SSSR count). The summed E-state index contributed by atoms with van der Waals surface area (Å²) in [7, 11) is 0. The highest BCUT2D eigenvalue weighted by Gasteiger charge is 2.10. The van der Waals surface area contributed by atoms with Crippen molar-refractivity contribution < 1.29 is 19.8 Å². The Morgan fingerprint density at radius 1 is 0.682 bits per heavy atom. The average molecular weight is 300 g/mol. The summed E-state index contributed by atoms with van der Waals surface area (Å²) in [5, 5.41) is 18.2. The van der Waals surface area contributed by atoms with E-state index >= 15 is 0 Å². The van der Waals surface area contributed by atoms with E-state index in [1.165, 1.54) is 0 Å². The summed E-state index contributed by atoms with van der Waals surface area (Å²) in [5.41, 5.74) is 3.43. The molecule has 116 valence electrons. The molecule has 0 saturated carbocycles. The molecule has 2 aromatic carbocycles. The van der Waals surface area contributed by atoms with Gasteiger partial charge in [-0.2, -0.15) is 0 Å². The lowest BCUT2D eigenvalue weighted by Gasteiger charge is -2.08. The third kappa shape index (κ3) is 4.19. The number of aryl methyl sites for hydroxylation is 2. The van der Waals surface area contributed by atoms with Crippen LogP contribution in [0.5, 0.6) is 0 Å². The Morgan fingerprint density at radius 2 is 1.00 bits per heavy atom. The van der Waals surface area contributed by atoms with Crippen LogP contribution < -0.4 is 0 Å². The number of carboxylic acid groups (broad SMARTS) is 2. The molecule has 0 heterocycles. The van der Waals surface area contributed by atoms with Gasteiger partial charge >= 0.3 is 11.9 Å². The summed E-state index contributed by atoms with van der Waals surface area (Å²) in [4.78, 5) is 22.2. The van der Waals surface area contributed by atoms with Gasteiger partial charge in [0.25, 0.3) is 0 Å². The van der Waals surface area contributed by atoms with Crippen LogP contribution >= 0.6 is 0 Å². The van der Waals surface area contributed by atoms with E-state index in [0.29, 0.717) is 11.1 Å². The van der Waals surface area contributed by atoms with Crippen LogP contribution in [0.15, 0.2) is 36.4 Å². The first kappa shape index (κ1) is 17.4. The lowest BCUT2D eigenvalue weighted by Crippen LogP contribution is -1.99. The van der Waals surface area contributed by atoms with Crippen molar-refractivity contribution >= 4 is 11.9 Å². The van der Waals surface area contributed by atoms with Gasteiger partial charge in [0.1, 0.15) is 0 Å². The smallest absolute Gasteiger partial charge is 0.335 e. The molecule has 0 bridgehead atoms. The Labute approximate surface area is 130 Å². The number of hydrogen-bond donors (Lipinski definition) is 2. The van der Waals surface area contributed by atoms with Gasteiger partial charge in [0.15, 0.2) is 0 Å². The summed E-state index contributed by atoms with van der Waals surface area (Å²) >= 11 is 0. The molecular formula is C18H20O4. The Morgan fingerprint density at radius 3 is 1.27 bits per heavy atom. The van der Waals surface area contributed by atoms with Gasteiger partial charge in [-0.15, -0.1) is 0 Å². The van der Waals surface area contributed by atoms with Crippen LogP contribution in [-0.2, 0) is 0 Å². The molecule has 0 aliphatic carbocycles. The van der Waals surface area contributed by atoms with Crippen LogP contribution in [0.1, 0.15) is 45.7 Å². The van der Waals surface area contributed by atoms with E-state index in [2.05, 4.69) is 0 Å². The number of carboxylic acids is 2. The van der Waals surface area contributed by atoms with Crippen LogP contribution in [-0.4, -0.2) is 22.2 Å². The molecular weight excluding hydrogens is 280 g/mol. The molecule has 0 unspecified atom stereocenters. The van der Waals surface area contributed by atoms with Crippen LogP contribution in [0.2, 0.25) is 0 Å². The van der Waals surface area contributed by atoms with Crippen molar-refractivity contribution in [1.29, 1.82) is 0 Å². The summed E-state index contributed by atoms with van der Waals surface area (Å²) in [6.45, 7) is 7.62. The standard InChI is InChI=1S/C16H14O4.C2H6/c1-9-3-11(7-13(5-9)15(17)18)12-4-10(2)6-14(8-12)16(19)20;1-2/h3-8H,1-2H3,(H,17,18)(H,19,20);1-2H3. The van der Waals surface area contributed by atoms with Crippen molar-refractivity contribution in [2.24, 2.45) is 0 Å². The van der Waals surface area contributed by atoms with Crippen LogP contribution in [0.25, 0.3) is 11.1 Å². The Balaban J connectivity index is 0.00000116. The molecule has 0 fully saturated rings. The van der Waals surface area contributed by atoms with Crippen molar-refractivity contribution in [1.82, 2.24) is 0 Å². The quantitative estimate of drug-likeness (QED) is 0.881. The van der Waals surface area contributed by atoms with Gasteiger partial charge in [-0.1, -0.05) is 26.0 Å². The van der Waals surface area contributed by atoms with Gasteiger partial charge < -0.3 is 10.2 Å². The maximum atomic E-state index is 11.1. The fourth-order valence-corrected chi connectivity index (χ4v) is 2.15. The third-order valence-corrected chi connectivity index (χ3v) is 2.98. The maximum Gasteiger partial charge on any atom is 0.335 e. The Kier molecular flexibility index (Phi) is 5.87. The summed E-state index contributed by atoms with van der Waals surface area (Å²) < 4.78 is 0. The van der Waals surface area contributed by atoms with E-state index in [9.17, 15) is 9.59 Å². The number of hydrogen-bond acceptors (Lipinski definition) is 2. The van der Waals surface area contributed by atoms with Crippen molar-refractivity contribution in [3.05, 3.63) is 58.7 Å². The van der Waals surface area contributed by atoms with E-state index < -0.39 is 11.9 Å². The molecule has 0 spiro atoms. The van der Waals surface area contributed by atoms with E-state index in [0.717, 1.165) is 11.1 Å². The van der Waals surface area contributed by atoms with Crippen molar-refractivity contribution in [2.45, 2.75) is 27.7 Å². The Bertz CT molecular complexity index is 641. The van der Waals surface area contributed by atoms with E-state index in [-0.39, 0.29) is 11.1 Å². The first-order chi connectivity index (χ1) is 10.4. The first-order valence-corrected chi connectivity index (χ1v) is 7.07. The van der Waals surface area contributed by atoms with Crippen molar-refractivity contribution in [3.8, 4) is 11.1 Å². The maximum absolute atomic E-state index is 11.1. The van der Waals surface area contributed by atoms with Gasteiger partial charge in [-0.3, -0.25) is 0 Å². The molecule has 2 N–H and O–H groups in total. The topological polar surface area (TPSA) is 74.6 Å². The molecule has 2 aromatic rings. The third-order valence-electron chi connectivity index (χ3n) is 2.98. The number of benzene rings is 2. The highest BCUT2D eigenvalue weighted by Crippen LogP contribution is 2.25. The molecule has 0 aliphatic heterocycles. The lowest BCUT2D eigenvalue weighted by molar-refractivity contribution is 0.0686.